The molecule has 0 radical (unpaired) electrons. The van der Waals surface area contributed by atoms with Crippen molar-refractivity contribution >= 4 is 33.9 Å². The quantitative estimate of drug-likeness (QED) is 0.487. The molecule has 6 heteroatoms. The van der Waals surface area contributed by atoms with Crippen LogP contribution in [-0.2, 0) is 0 Å². The molecule has 1 heterocycles. The molecule has 4 nitrogen and oxygen atoms in total. The van der Waals surface area contributed by atoms with E-state index in [1.165, 1.54) is 12.1 Å². The van der Waals surface area contributed by atoms with Crippen LogP contribution in [0.3, 0.4) is 0 Å². The number of nitrogens with one attached hydrogen (secondary N) is 3. The molecule has 2 aliphatic rings. The average Bonchev–Trinajstić information content (AvgIpc) is 3.07. The van der Waals surface area contributed by atoms with E-state index < -0.39 is 0 Å². The van der Waals surface area contributed by atoms with Gasteiger partial charge in [0.1, 0.15) is 17.4 Å². The van der Waals surface area contributed by atoms with Crippen LogP contribution in [0.4, 0.5) is 15.9 Å². The highest BCUT2D eigenvalue weighted by molar-refractivity contribution is 6.32. The standard InChI is InChI=1S/C17H13ClFN3O/c1-23-15-5-3-11(8-14(15)18)20-17-13-7-9-6-10(19)2-4-12(9)16(13)21-22-17/h2-8,20-22H,1H3. The number of ether oxygens (including phenoxy) is 1. The van der Waals surface area contributed by atoms with Crippen LogP contribution in [0.2, 0.25) is 5.02 Å². The first-order valence-electron chi connectivity index (χ1n) is 7.04. The van der Waals surface area contributed by atoms with E-state index in [-0.39, 0.29) is 5.82 Å². The van der Waals surface area contributed by atoms with E-state index in [9.17, 15) is 4.39 Å². The van der Waals surface area contributed by atoms with Crippen molar-refractivity contribution in [2.75, 3.05) is 12.4 Å². The molecule has 0 atom stereocenters. The van der Waals surface area contributed by atoms with E-state index in [0.29, 0.717) is 10.8 Å². The number of hydrogen-bond donors (Lipinski definition) is 3. The zero-order valence-electron chi connectivity index (χ0n) is 12.2. The predicted molar refractivity (Wildman–Crippen MR) is 90.5 cm³/mol. The van der Waals surface area contributed by atoms with Crippen molar-refractivity contribution in [2.24, 2.45) is 0 Å². The molecule has 1 aliphatic carbocycles. The normalized spacial score (nSPS) is 11.3. The molecular formula is C17H13ClFN3O. The molecule has 0 bridgehead atoms. The van der Waals surface area contributed by atoms with Crippen LogP contribution in [0.15, 0.2) is 42.5 Å². The fourth-order valence-electron chi connectivity index (χ4n) is 2.76. The summed E-state index contributed by atoms with van der Waals surface area (Å²) in [5.74, 6) is 1.17. The number of aromatic nitrogens is 2. The molecule has 0 saturated heterocycles. The predicted octanol–water partition coefficient (Wildman–Crippen LogP) is 5.15. The van der Waals surface area contributed by atoms with Crippen molar-refractivity contribution in [3.05, 3.63) is 53.3 Å². The van der Waals surface area contributed by atoms with Crippen molar-refractivity contribution in [2.45, 2.75) is 0 Å². The molecule has 23 heavy (non-hydrogen) atoms. The lowest BCUT2D eigenvalue weighted by molar-refractivity contribution is 0.415. The van der Waals surface area contributed by atoms with Crippen molar-refractivity contribution in [3.63, 3.8) is 0 Å². The molecule has 116 valence electrons. The van der Waals surface area contributed by atoms with Crippen LogP contribution in [0.25, 0.3) is 22.0 Å². The molecule has 3 N–H and O–H groups in total. The Morgan fingerprint density at radius 3 is 2.74 bits per heavy atom. The second kappa shape index (κ2) is 5.21. The molecule has 0 amide bonds. The topological polar surface area (TPSA) is 52.8 Å². The molecule has 2 aromatic rings. The maximum Gasteiger partial charge on any atom is 0.137 e. The molecule has 0 saturated carbocycles. The van der Waals surface area contributed by atoms with Crippen molar-refractivity contribution < 1.29 is 9.13 Å². The van der Waals surface area contributed by atoms with Crippen molar-refractivity contribution in [3.8, 4) is 17.0 Å². The summed E-state index contributed by atoms with van der Waals surface area (Å²) in [6.45, 7) is 0. The van der Waals surface area contributed by atoms with Crippen LogP contribution in [-0.4, -0.2) is 17.3 Å². The maximum atomic E-state index is 13.4. The van der Waals surface area contributed by atoms with Gasteiger partial charge in [0.25, 0.3) is 0 Å². The maximum absolute atomic E-state index is 13.4. The third kappa shape index (κ3) is 2.29. The zero-order valence-corrected chi connectivity index (χ0v) is 13.0. The number of halogens is 2. The highest BCUT2D eigenvalue weighted by atomic mass is 35.5. The lowest BCUT2D eigenvalue weighted by Gasteiger charge is -2.08. The number of H-pyrrole nitrogens is 2. The van der Waals surface area contributed by atoms with Gasteiger partial charge in [0.15, 0.2) is 0 Å². The van der Waals surface area contributed by atoms with Gasteiger partial charge >= 0.3 is 0 Å². The zero-order chi connectivity index (χ0) is 16.0. The van der Waals surface area contributed by atoms with Crippen LogP contribution in [0, 0.1) is 5.82 Å². The van der Waals surface area contributed by atoms with Gasteiger partial charge in [-0.3, -0.25) is 10.2 Å². The Balaban J connectivity index is 1.73. The first kappa shape index (κ1) is 14.0. The molecule has 4 rings (SSSR count). The van der Waals surface area contributed by atoms with Gasteiger partial charge in [-0.25, -0.2) is 4.39 Å². The number of hydrogen-bond acceptors (Lipinski definition) is 2. The molecule has 0 fully saturated rings. The highest BCUT2D eigenvalue weighted by Gasteiger charge is 2.17. The Kier molecular flexibility index (Phi) is 3.16. The van der Waals surface area contributed by atoms with Gasteiger partial charge in [0, 0.05) is 16.6 Å². The minimum Gasteiger partial charge on any atom is -0.495 e. The Morgan fingerprint density at radius 1 is 1.09 bits per heavy atom. The highest BCUT2D eigenvalue weighted by Crippen LogP contribution is 2.39. The minimum atomic E-state index is -0.245. The van der Waals surface area contributed by atoms with Gasteiger partial charge in [-0.05, 0) is 47.9 Å². The van der Waals surface area contributed by atoms with E-state index in [2.05, 4.69) is 15.5 Å². The number of rotatable bonds is 3. The Morgan fingerprint density at radius 2 is 1.96 bits per heavy atom. The third-order valence-corrected chi connectivity index (χ3v) is 4.15. The van der Waals surface area contributed by atoms with Crippen LogP contribution >= 0.6 is 11.6 Å². The molecule has 0 unspecified atom stereocenters. The second-order valence-electron chi connectivity index (χ2n) is 5.26. The summed E-state index contributed by atoms with van der Waals surface area (Å²) in [5, 5.41) is 11.8. The molecular weight excluding hydrogens is 317 g/mol. The van der Waals surface area contributed by atoms with Gasteiger partial charge in [-0.1, -0.05) is 11.6 Å². The summed E-state index contributed by atoms with van der Waals surface area (Å²) in [4.78, 5) is 0. The summed E-state index contributed by atoms with van der Waals surface area (Å²) in [6.07, 6.45) is 0. The van der Waals surface area contributed by atoms with E-state index in [1.807, 2.05) is 12.1 Å². The number of fused-ring (bicyclic) bond motifs is 3. The second-order valence-corrected chi connectivity index (χ2v) is 5.67. The monoisotopic (exact) mass is 329 g/mol. The fraction of sp³-hybridized carbons (Fsp3) is 0.0588. The average molecular weight is 330 g/mol. The Labute approximate surface area is 136 Å². The molecule has 2 aromatic carbocycles. The Hall–Kier alpha value is -2.66. The summed E-state index contributed by atoms with van der Waals surface area (Å²) in [7, 11) is 1.58. The number of methoxy groups -OCH3 is 1. The minimum absolute atomic E-state index is 0.245. The summed E-state index contributed by atoms with van der Waals surface area (Å²) in [6, 6.07) is 12.1. The van der Waals surface area contributed by atoms with Crippen LogP contribution < -0.4 is 10.1 Å². The van der Waals surface area contributed by atoms with Crippen LogP contribution in [0.1, 0.15) is 0 Å². The van der Waals surface area contributed by atoms with Gasteiger partial charge in [-0.15, -0.1) is 0 Å². The van der Waals surface area contributed by atoms with Gasteiger partial charge in [0.2, 0.25) is 0 Å². The SMILES string of the molecule is COc1ccc(Nc2[nH][nH]c3c4ccc(F)cc4cc2-3)cc1Cl. The Bertz CT molecular complexity index is 975. The van der Waals surface area contributed by atoms with E-state index in [0.717, 1.165) is 33.5 Å². The molecule has 0 aromatic heterocycles. The molecule has 1 aliphatic heterocycles. The van der Waals surface area contributed by atoms with E-state index in [1.54, 1.807) is 25.3 Å². The summed E-state index contributed by atoms with van der Waals surface area (Å²) >= 11 is 6.14. The molecule has 0 spiro atoms. The summed E-state index contributed by atoms with van der Waals surface area (Å²) < 4.78 is 18.5. The van der Waals surface area contributed by atoms with Crippen LogP contribution in [0.5, 0.6) is 5.75 Å². The van der Waals surface area contributed by atoms with Gasteiger partial charge in [0.05, 0.1) is 17.8 Å². The number of anilines is 2. The largest absolute Gasteiger partial charge is 0.495 e. The summed E-state index contributed by atoms with van der Waals surface area (Å²) in [5.41, 5.74) is 2.71. The number of aromatic amines is 2. The third-order valence-electron chi connectivity index (χ3n) is 3.86. The van der Waals surface area contributed by atoms with E-state index in [4.69, 9.17) is 16.3 Å². The van der Waals surface area contributed by atoms with Gasteiger partial charge < -0.3 is 10.1 Å². The number of benzene rings is 2. The lowest BCUT2D eigenvalue weighted by Crippen LogP contribution is -1.92. The van der Waals surface area contributed by atoms with E-state index >= 15 is 0 Å². The fourth-order valence-corrected chi connectivity index (χ4v) is 3.02. The van der Waals surface area contributed by atoms with Gasteiger partial charge in [-0.2, -0.15) is 0 Å². The first-order chi connectivity index (χ1) is 11.2. The van der Waals surface area contributed by atoms with Crippen molar-refractivity contribution in [1.29, 1.82) is 0 Å². The smallest absolute Gasteiger partial charge is 0.137 e. The van der Waals surface area contributed by atoms with Crippen molar-refractivity contribution in [1.82, 2.24) is 10.2 Å². The first-order valence-corrected chi connectivity index (χ1v) is 7.42. The lowest BCUT2D eigenvalue weighted by atomic mass is 10.2.